The Bertz CT molecular complexity index is 3360. The number of methoxy groups -OCH3 is 5. The smallest absolute Gasteiger partial charge is 0.337 e. The Morgan fingerprint density at radius 2 is 0.387 bits per heavy atom. The lowest BCUT2D eigenvalue weighted by Crippen LogP contribution is -2.00. The Morgan fingerprint density at radius 3 is 0.520 bits per heavy atom. The molecule has 0 fully saturated rings. The van der Waals surface area contributed by atoms with Gasteiger partial charge in [0.1, 0.15) is 57.5 Å². The highest BCUT2D eigenvalue weighted by Gasteiger charge is 2.31. The van der Waals surface area contributed by atoms with Crippen molar-refractivity contribution < 1.29 is 71.3 Å². The number of esters is 5. The Kier molecular flexibility index (Phi) is 12.0. The van der Waals surface area contributed by atoms with Crippen LogP contribution in [0.25, 0.3) is 53.9 Å². The summed E-state index contributed by atoms with van der Waals surface area (Å²) in [5.74, 6) is 1.49. The van der Waals surface area contributed by atoms with E-state index in [4.69, 9.17) is 47.4 Å². The summed E-state index contributed by atoms with van der Waals surface area (Å²) >= 11 is 0. The zero-order chi connectivity index (χ0) is 52.1. The van der Waals surface area contributed by atoms with Gasteiger partial charge in [0.15, 0.2) is 0 Å². The molecule has 0 N–H and O–H groups in total. The number of carbonyl (C=O) groups excluding carboxylic acids is 5. The van der Waals surface area contributed by atoms with E-state index in [0.29, 0.717) is 112 Å². The second-order valence-corrected chi connectivity index (χ2v) is 17.1. The third-order valence-electron chi connectivity index (χ3n) is 12.8. The van der Waals surface area contributed by atoms with Gasteiger partial charge in [-0.15, -0.1) is 0 Å². The van der Waals surface area contributed by atoms with Crippen molar-refractivity contribution in [3.8, 4) is 57.5 Å². The van der Waals surface area contributed by atoms with Gasteiger partial charge in [0.2, 0.25) is 0 Å². The van der Waals surface area contributed by atoms with Crippen molar-refractivity contribution in [1.29, 1.82) is 0 Å². The van der Waals surface area contributed by atoms with Gasteiger partial charge in [-0.05, 0) is 152 Å². The van der Waals surface area contributed by atoms with E-state index in [2.05, 4.69) is 0 Å². The first-order chi connectivity index (χ1) is 36.5. The van der Waals surface area contributed by atoms with E-state index in [1.807, 2.05) is 30.3 Å². The van der Waals surface area contributed by atoms with Gasteiger partial charge in [0.25, 0.3) is 0 Å². The van der Waals surface area contributed by atoms with Gasteiger partial charge < -0.3 is 47.4 Å². The third kappa shape index (κ3) is 8.47. The molecule has 0 aliphatic carbocycles. The van der Waals surface area contributed by atoms with Crippen molar-refractivity contribution in [2.45, 2.75) is 0 Å². The molecule has 0 unspecified atom stereocenters. The quantitative estimate of drug-likeness (QED) is 0.0538. The molecule has 11 aromatic rings. The number of rotatable bonds is 15. The van der Waals surface area contributed by atoms with Crippen LogP contribution in [0.15, 0.2) is 152 Å². The van der Waals surface area contributed by atoms with Crippen LogP contribution in [-0.4, -0.2) is 65.4 Å². The maximum Gasteiger partial charge on any atom is 0.337 e. The second kappa shape index (κ2) is 19.1. The Labute approximate surface area is 426 Å². The van der Waals surface area contributed by atoms with Crippen molar-refractivity contribution in [2.75, 3.05) is 35.5 Å². The minimum atomic E-state index is -0.508. The Hall–Kier alpha value is -10.2. The van der Waals surface area contributed by atoms with E-state index in [9.17, 15) is 24.0 Å². The molecule has 0 heterocycles. The lowest BCUT2D eigenvalue weighted by molar-refractivity contribution is 0.0592. The van der Waals surface area contributed by atoms with Crippen LogP contribution in [0, 0.1) is 0 Å². The van der Waals surface area contributed by atoms with E-state index in [0.717, 1.165) is 26.9 Å². The second-order valence-electron chi connectivity index (χ2n) is 17.1. The highest BCUT2D eigenvalue weighted by Crippen LogP contribution is 2.59. The Morgan fingerprint density at radius 1 is 0.240 bits per heavy atom. The molecule has 15 heteroatoms. The number of hydrogen-bond donors (Lipinski definition) is 0. The predicted octanol–water partition coefficient (Wildman–Crippen LogP) is 13.7. The molecule has 0 aliphatic heterocycles. The summed E-state index contributed by atoms with van der Waals surface area (Å²) in [6.45, 7) is 0. The maximum absolute atomic E-state index is 12.5. The summed E-state index contributed by atoms with van der Waals surface area (Å²) in [6, 6.07) is 42.1. The topological polar surface area (TPSA) is 178 Å². The van der Waals surface area contributed by atoms with Crippen LogP contribution in [-0.2, 0) is 23.7 Å². The molecule has 15 nitrogen and oxygen atoms in total. The van der Waals surface area contributed by atoms with Gasteiger partial charge in [0.05, 0.1) is 63.4 Å². The van der Waals surface area contributed by atoms with Crippen LogP contribution in [0.5, 0.6) is 57.5 Å². The fourth-order valence-electron chi connectivity index (χ4n) is 9.29. The molecule has 0 saturated heterocycles. The van der Waals surface area contributed by atoms with Gasteiger partial charge in [0, 0.05) is 53.9 Å². The summed E-state index contributed by atoms with van der Waals surface area (Å²) in [4.78, 5) is 62.3. The van der Waals surface area contributed by atoms with E-state index in [-0.39, 0.29) is 0 Å². The maximum atomic E-state index is 12.5. The van der Waals surface area contributed by atoms with E-state index in [1.54, 1.807) is 121 Å². The van der Waals surface area contributed by atoms with E-state index >= 15 is 0 Å². The largest absolute Gasteiger partial charge is 0.465 e. The van der Waals surface area contributed by atoms with Crippen LogP contribution in [0.1, 0.15) is 51.8 Å². The van der Waals surface area contributed by atoms with Crippen LogP contribution in [0.3, 0.4) is 0 Å². The number of ether oxygens (including phenoxy) is 10. The first-order valence-corrected chi connectivity index (χ1v) is 23.1. The van der Waals surface area contributed by atoms with Gasteiger partial charge >= 0.3 is 29.8 Å². The molecule has 0 aliphatic rings. The summed E-state index contributed by atoms with van der Waals surface area (Å²) < 4.78 is 58.8. The van der Waals surface area contributed by atoms with Gasteiger partial charge in [-0.1, -0.05) is 0 Å². The lowest BCUT2D eigenvalue weighted by Gasteiger charge is -2.17. The highest BCUT2D eigenvalue weighted by molar-refractivity contribution is 6.47. The average molecular weight is 1000 g/mol. The molecule has 0 bridgehead atoms. The first kappa shape index (κ1) is 47.2. The minimum absolute atomic E-state index is 0.329. The highest BCUT2D eigenvalue weighted by atomic mass is 16.5. The molecule has 370 valence electrons. The molecule has 0 saturated carbocycles. The Balaban J connectivity index is 1.21. The zero-order valence-electron chi connectivity index (χ0n) is 40.6. The third-order valence-corrected chi connectivity index (χ3v) is 12.8. The first-order valence-electron chi connectivity index (χ1n) is 23.1. The fourth-order valence-corrected chi connectivity index (χ4v) is 9.29. The molecule has 11 rings (SSSR count). The van der Waals surface area contributed by atoms with Gasteiger partial charge in [-0.25, -0.2) is 24.0 Å². The van der Waals surface area contributed by atoms with Gasteiger partial charge in [-0.2, -0.15) is 0 Å². The summed E-state index contributed by atoms with van der Waals surface area (Å²) in [6.07, 6.45) is 0. The molecule has 0 radical (unpaired) electrons. The molecule has 0 amide bonds. The van der Waals surface area contributed by atoms with Crippen LogP contribution in [0.2, 0.25) is 0 Å². The predicted molar refractivity (Wildman–Crippen MR) is 277 cm³/mol. The standard InChI is InChI=1S/C60H40O15/c1-66-56(61)31-6-16-36(17-7-31)71-46-26-42-48(73-38-20-10-33(11-21-38)58(63)68-3)28-44-50(75-40-24-14-35(15-25-40)60(65)70-5)30-45-49(74-39-22-12-34(13-23-39)59(64)69-4)29-43-47(72-37-18-8-32(9-19-37)57(62)67-2)27-41(46)51-52(42)54(44)55(45)53(43)51/h6-30H,1-5H3. The van der Waals surface area contributed by atoms with Crippen LogP contribution >= 0.6 is 0 Å². The number of benzene rings is 10. The molecular weight excluding hydrogens is 961 g/mol. The molecule has 0 aromatic heterocycles. The normalized spacial score (nSPS) is 11.3. The van der Waals surface area contributed by atoms with Crippen LogP contribution in [0.4, 0.5) is 0 Å². The van der Waals surface area contributed by atoms with Crippen molar-refractivity contribution in [3.05, 3.63) is 179 Å². The monoisotopic (exact) mass is 1000 g/mol. The fraction of sp³-hybridized carbons (Fsp3) is 0.0833. The summed E-state index contributed by atoms with van der Waals surface area (Å²) in [5, 5.41) is 7.09. The lowest BCUT2D eigenvalue weighted by atomic mass is 9.97. The molecule has 0 atom stereocenters. The molecular formula is C60H40O15. The minimum Gasteiger partial charge on any atom is -0.465 e. The van der Waals surface area contributed by atoms with Crippen molar-refractivity contribution in [3.63, 3.8) is 0 Å². The molecule has 75 heavy (non-hydrogen) atoms. The molecule has 0 spiro atoms. The molecule has 11 aromatic carbocycles. The summed E-state index contributed by atoms with van der Waals surface area (Å²) in [5.41, 5.74) is 1.64. The van der Waals surface area contributed by atoms with Crippen LogP contribution < -0.4 is 23.7 Å². The van der Waals surface area contributed by atoms with E-state index in [1.165, 1.54) is 35.5 Å². The van der Waals surface area contributed by atoms with Gasteiger partial charge in [-0.3, -0.25) is 0 Å². The van der Waals surface area contributed by atoms with Crippen molar-refractivity contribution >= 4 is 83.7 Å². The summed E-state index contributed by atoms with van der Waals surface area (Å²) in [7, 11) is 6.55. The van der Waals surface area contributed by atoms with Crippen molar-refractivity contribution in [2.24, 2.45) is 0 Å². The number of hydrogen-bond acceptors (Lipinski definition) is 15. The van der Waals surface area contributed by atoms with E-state index < -0.39 is 29.8 Å². The zero-order valence-corrected chi connectivity index (χ0v) is 40.6. The van der Waals surface area contributed by atoms with Crippen molar-refractivity contribution in [1.82, 2.24) is 0 Å². The number of carbonyl (C=O) groups is 5. The SMILES string of the molecule is COC(=O)c1ccc(Oc2cc3c(Oc4ccc(C(=O)OC)cc4)cc4c(Oc5ccc(C(=O)OC)cc5)cc5c(Oc6ccc(C(=O)OC)cc6)cc6c(Oc7ccc(C(=O)OC)cc7)cc2c2c6c5c4c32)cc1. The average Bonchev–Trinajstić information content (AvgIpc) is 3.84.